The van der Waals surface area contributed by atoms with Crippen molar-refractivity contribution in [2.75, 3.05) is 0 Å². The number of nitrogens with zero attached hydrogens (tertiary/aromatic N) is 8. The van der Waals surface area contributed by atoms with Crippen LogP contribution in [0.4, 0.5) is 0 Å². The van der Waals surface area contributed by atoms with Gasteiger partial charge in [-0.1, -0.05) is 14.9 Å². The number of hydrogen-bond donors (Lipinski definition) is 0. The van der Waals surface area contributed by atoms with Gasteiger partial charge in [-0.3, -0.25) is 36.8 Å². The molecule has 0 bridgehead atoms. The summed E-state index contributed by atoms with van der Waals surface area (Å²) in [6.45, 7) is 0. The Morgan fingerprint density at radius 3 is 1.11 bits per heavy atom. The molecule has 2 aromatic carbocycles. The Bertz CT molecular complexity index is 4570. The fourth-order valence-corrected chi connectivity index (χ4v) is 16.1. The van der Waals surface area contributed by atoms with E-state index in [2.05, 4.69) is 31.9 Å². The SMILES string of the molecule is C.C.O=c1c2sc3c(=O)n4c(nc5scc(Br)c54)c4ccc(c2c34)c2nc3scc(Br)c3n12.O=c1c2sc3c(=O)n4c5ccsc5nc4c4ccc(c2c34)c2nc3sccc3n12. The van der Waals surface area contributed by atoms with Crippen molar-refractivity contribution in [3.63, 3.8) is 0 Å². The highest BCUT2D eigenvalue weighted by Crippen LogP contribution is 2.44. The van der Waals surface area contributed by atoms with Gasteiger partial charge in [0.15, 0.2) is 0 Å². The van der Waals surface area contributed by atoms with Crippen LogP contribution in [-0.4, -0.2) is 37.5 Å². The molecule has 0 aliphatic heterocycles. The number of imidazole rings is 4. The van der Waals surface area contributed by atoms with Crippen LogP contribution >= 0.6 is 99.9 Å². The van der Waals surface area contributed by atoms with Crippen molar-refractivity contribution >= 4 is 226 Å². The minimum absolute atomic E-state index is 0. The zero-order valence-electron chi connectivity index (χ0n) is 29.2. The van der Waals surface area contributed by atoms with Crippen LogP contribution in [0.3, 0.4) is 0 Å². The van der Waals surface area contributed by atoms with Crippen molar-refractivity contribution in [1.29, 1.82) is 0 Å². The molecule has 20 heteroatoms. The first-order valence-corrected chi connectivity index (χ1v) is 24.6. The van der Waals surface area contributed by atoms with Gasteiger partial charge in [0.05, 0.1) is 20.0 Å². The van der Waals surface area contributed by atoms with Gasteiger partial charge in [0.2, 0.25) is 0 Å². The quantitative estimate of drug-likeness (QED) is 0.137. The lowest BCUT2D eigenvalue weighted by Crippen LogP contribution is -2.12. The molecule has 0 saturated carbocycles. The molecule has 0 spiro atoms. The van der Waals surface area contributed by atoms with Gasteiger partial charge in [0, 0.05) is 53.8 Å². The van der Waals surface area contributed by atoms with Crippen molar-refractivity contribution in [3.05, 3.63) is 108 Å². The molecule has 0 atom stereocenters. The molecule has 16 rings (SSSR count). The third-order valence-electron chi connectivity index (χ3n) is 11.5. The van der Waals surface area contributed by atoms with Crippen LogP contribution < -0.4 is 22.2 Å². The van der Waals surface area contributed by atoms with Crippen molar-refractivity contribution in [1.82, 2.24) is 37.5 Å². The first kappa shape index (κ1) is 37.3. The molecular weight excluding hydrogens is 1030 g/mol. The van der Waals surface area contributed by atoms with Crippen LogP contribution in [0.25, 0.3) is 126 Å². The van der Waals surface area contributed by atoms with E-state index >= 15 is 0 Å². The Labute approximate surface area is 383 Å². The molecule has 0 unspecified atom stereocenters. The Morgan fingerprint density at radius 2 is 0.742 bits per heavy atom. The number of hydrogen-bond acceptors (Lipinski definition) is 14. The highest BCUT2D eigenvalue weighted by molar-refractivity contribution is 9.11. The molecule has 0 amide bonds. The zero-order valence-corrected chi connectivity index (χ0v) is 37.3. The van der Waals surface area contributed by atoms with Gasteiger partial charge in [-0.25, -0.2) is 19.9 Å². The predicted octanol–water partition coefficient (Wildman–Crippen LogP) is 11.9. The van der Waals surface area contributed by atoms with Gasteiger partial charge in [0.1, 0.15) is 71.7 Å². The van der Waals surface area contributed by atoms with E-state index in [9.17, 15) is 19.2 Å². The lowest BCUT2D eigenvalue weighted by molar-refractivity contribution is 1.19. The average molecular weight is 1050 g/mol. The molecule has 0 N–H and O–H groups in total. The smallest absolute Gasteiger partial charge is 0.267 e. The van der Waals surface area contributed by atoms with E-state index in [4.69, 9.17) is 19.9 Å². The topological polar surface area (TPSA) is 137 Å². The van der Waals surface area contributed by atoms with Crippen LogP contribution in [0.1, 0.15) is 14.9 Å². The summed E-state index contributed by atoms with van der Waals surface area (Å²) in [6.07, 6.45) is 0. The Balaban J connectivity index is 0.000000122. The third-order valence-corrected chi connectivity index (χ3v) is 19.0. The molecular formula is C42H18Br2N8O4S6. The first-order chi connectivity index (χ1) is 29.3. The second-order valence-electron chi connectivity index (χ2n) is 14.3. The maximum atomic E-state index is 13.6. The largest absolute Gasteiger partial charge is 0.274 e. The lowest BCUT2D eigenvalue weighted by Gasteiger charge is -2.05. The van der Waals surface area contributed by atoms with Gasteiger partial charge >= 0.3 is 0 Å². The number of thiophene rings is 6. The molecule has 0 saturated heterocycles. The predicted molar refractivity (Wildman–Crippen MR) is 269 cm³/mol. The van der Waals surface area contributed by atoms with Crippen molar-refractivity contribution < 1.29 is 0 Å². The maximum Gasteiger partial charge on any atom is 0.274 e. The summed E-state index contributed by atoms with van der Waals surface area (Å²) in [5.74, 6) is 0. The normalized spacial score (nSPS) is 12.7. The van der Waals surface area contributed by atoms with Crippen LogP contribution in [0.15, 0.2) is 86.0 Å². The van der Waals surface area contributed by atoms with Crippen LogP contribution in [0, 0.1) is 0 Å². The number of halogens is 2. The number of pyridine rings is 4. The second kappa shape index (κ2) is 12.2. The molecule has 0 aliphatic carbocycles. The molecule has 14 aromatic heterocycles. The average Bonchev–Trinajstić information content (AvgIpc) is 4.08. The van der Waals surface area contributed by atoms with Crippen LogP contribution in [0.2, 0.25) is 0 Å². The molecule has 300 valence electrons. The summed E-state index contributed by atoms with van der Waals surface area (Å²) in [6, 6.07) is 11.9. The van der Waals surface area contributed by atoms with Crippen molar-refractivity contribution in [2.24, 2.45) is 0 Å². The number of fused-ring (bicyclic) bond motifs is 16. The highest BCUT2D eigenvalue weighted by Gasteiger charge is 2.28. The Morgan fingerprint density at radius 1 is 0.419 bits per heavy atom. The summed E-state index contributed by atoms with van der Waals surface area (Å²) in [5.41, 5.74) is 5.26. The van der Waals surface area contributed by atoms with Gasteiger partial charge < -0.3 is 0 Å². The fourth-order valence-electron chi connectivity index (χ4n) is 9.17. The summed E-state index contributed by atoms with van der Waals surface area (Å²) < 4.78 is 10.7. The second-order valence-corrected chi connectivity index (χ2v) is 21.6. The summed E-state index contributed by atoms with van der Waals surface area (Å²) in [5, 5.41) is 14.6. The molecule has 62 heavy (non-hydrogen) atoms. The van der Waals surface area contributed by atoms with Gasteiger partial charge in [-0.05, 0) is 79.0 Å². The van der Waals surface area contributed by atoms with Crippen LogP contribution in [-0.2, 0) is 0 Å². The van der Waals surface area contributed by atoms with E-state index in [1.165, 1.54) is 68.0 Å². The van der Waals surface area contributed by atoms with E-state index in [0.717, 1.165) is 93.4 Å². The monoisotopic (exact) mass is 1050 g/mol. The van der Waals surface area contributed by atoms with E-state index < -0.39 is 0 Å². The first-order valence-electron chi connectivity index (χ1n) is 17.9. The van der Waals surface area contributed by atoms with Gasteiger partial charge in [-0.15, -0.1) is 68.0 Å². The summed E-state index contributed by atoms with van der Waals surface area (Å²) in [7, 11) is 0. The Kier molecular flexibility index (Phi) is 7.35. The number of benzene rings is 2. The number of aromatic nitrogens is 8. The lowest BCUT2D eigenvalue weighted by atomic mass is 10.0. The van der Waals surface area contributed by atoms with Crippen LogP contribution in [0.5, 0.6) is 0 Å². The molecule has 12 nitrogen and oxygen atoms in total. The molecule has 0 aliphatic rings. The van der Waals surface area contributed by atoms with Gasteiger partial charge in [0.25, 0.3) is 22.2 Å². The molecule has 16 aromatic rings. The van der Waals surface area contributed by atoms with E-state index in [1.807, 2.05) is 57.9 Å². The minimum atomic E-state index is -0.142. The highest BCUT2D eigenvalue weighted by atomic mass is 79.9. The Hall–Kier alpha value is -5.32. The fraction of sp³-hybridized carbons (Fsp3) is 0.0476. The third kappa shape index (κ3) is 4.16. The zero-order chi connectivity index (χ0) is 39.8. The molecule has 14 heterocycles. The number of rotatable bonds is 0. The van der Waals surface area contributed by atoms with E-state index in [0.29, 0.717) is 41.4 Å². The van der Waals surface area contributed by atoms with Crippen molar-refractivity contribution in [2.45, 2.75) is 14.9 Å². The summed E-state index contributed by atoms with van der Waals surface area (Å²) in [4.78, 5) is 76.3. The van der Waals surface area contributed by atoms with Crippen molar-refractivity contribution in [3.8, 4) is 0 Å². The molecule has 0 fully saturated rings. The summed E-state index contributed by atoms with van der Waals surface area (Å²) >= 11 is 15.7. The van der Waals surface area contributed by atoms with Gasteiger partial charge in [-0.2, -0.15) is 0 Å². The minimum Gasteiger partial charge on any atom is -0.267 e. The van der Waals surface area contributed by atoms with E-state index in [-0.39, 0.29) is 37.1 Å². The molecule has 0 radical (unpaired) electrons. The van der Waals surface area contributed by atoms with E-state index in [1.54, 1.807) is 17.6 Å². The maximum absolute atomic E-state index is 13.6. The standard InChI is InChI=1S/C20H4Br2N4O2S3.C20H6N4O2S3.2CH4/c21-7-3-29-17-11(7)25-15(23-17)5-1-2-6-10-9(5)13(19(25)27)31-14(10)20(28)26-12-8(22)4-30-18(12)24-16(6)26;25-19-13-11-7(15-21-17-9(23(15)19)3-5-27-17)1-2-8-12(11)14(29-13)20(26)24-10-4-6-28-18(10)22-16(8)24;;/h1-4H;1-6H;2*1H4.